The van der Waals surface area contributed by atoms with Crippen molar-refractivity contribution >= 4 is 41.5 Å². The van der Waals surface area contributed by atoms with E-state index in [-0.39, 0.29) is 29.9 Å². The maximum Gasteiger partial charge on any atom is 0.253 e. The molecule has 7 heteroatoms. The lowest BCUT2D eigenvalue weighted by Crippen LogP contribution is -2.44. The molecule has 3 rings (SSSR count). The second kappa shape index (κ2) is 12.7. The minimum absolute atomic E-state index is 0. The van der Waals surface area contributed by atoms with E-state index >= 15 is 0 Å². The molecule has 1 amide bonds. The third-order valence-corrected chi connectivity index (χ3v) is 5.52. The Hall–Kier alpha value is -2.29. The fourth-order valence-electron chi connectivity index (χ4n) is 3.80. The Balaban J connectivity index is 0.00000363. The summed E-state index contributed by atoms with van der Waals surface area (Å²) in [5, 5.41) is 6.96. The highest BCUT2D eigenvalue weighted by Gasteiger charge is 2.23. The predicted octanol–water partition coefficient (Wildman–Crippen LogP) is 3.69. The molecule has 0 spiro atoms. The van der Waals surface area contributed by atoms with Gasteiger partial charge in [0.05, 0.1) is 0 Å². The lowest BCUT2D eigenvalue weighted by Gasteiger charge is -2.20. The van der Waals surface area contributed by atoms with Crippen LogP contribution in [0.1, 0.15) is 34.8 Å². The van der Waals surface area contributed by atoms with Gasteiger partial charge in [0.25, 0.3) is 5.91 Å². The molecule has 0 saturated carbocycles. The highest BCUT2D eigenvalue weighted by molar-refractivity contribution is 14.0. The zero-order valence-corrected chi connectivity index (χ0v) is 21.9. The molecular formula is C25H36IN5O. The van der Waals surface area contributed by atoms with Crippen LogP contribution in [0, 0.1) is 6.92 Å². The summed E-state index contributed by atoms with van der Waals surface area (Å²) < 4.78 is 0. The van der Waals surface area contributed by atoms with Crippen LogP contribution < -0.4 is 15.5 Å². The molecule has 2 N–H and O–H groups in total. The van der Waals surface area contributed by atoms with Gasteiger partial charge in [0.2, 0.25) is 0 Å². The molecule has 1 unspecified atom stereocenters. The van der Waals surface area contributed by atoms with E-state index < -0.39 is 0 Å². The number of aryl methyl sites for hydroxylation is 1. The molecule has 0 aliphatic carbocycles. The van der Waals surface area contributed by atoms with Crippen molar-refractivity contribution in [2.24, 2.45) is 4.99 Å². The topological polar surface area (TPSA) is 60.0 Å². The summed E-state index contributed by atoms with van der Waals surface area (Å²) >= 11 is 0. The predicted molar refractivity (Wildman–Crippen MR) is 144 cm³/mol. The number of benzene rings is 2. The number of carbonyl (C=O) groups is 1. The van der Waals surface area contributed by atoms with Gasteiger partial charge < -0.3 is 20.4 Å². The molecule has 174 valence electrons. The van der Waals surface area contributed by atoms with Crippen molar-refractivity contribution in [1.82, 2.24) is 15.5 Å². The van der Waals surface area contributed by atoms with Gasteiger partial charge in [-0.1, -0.05) is 29.8 Å². The molecule has 1 aliphatic rings. The van der Waals surface area contributed by atoms with Crippen LogP contribution in [0.2, 0.25) is 0 Å². The number of anilines is 1. The maximum atomic E-state index is 12.2. The molecule has 2 aromatic rings. The first-order valence-electron chi connectivity index (χ1n) is 11.1. The van der Waals surface area contributed by atoms with Gasteiger partial charge in [0, 0.05) is 57.6 Å². The Kier molecular flexibility index (Phi) is 10.3. The van der Waals surface area contributed by atoms with Crippen molar-refractivity contribution in [3.8, 4) is 0 Å². The fraction of sp³-hybridized carbons (Fsp3) is 0.440. The third kappa shape index (κ3) is 7.39. The number of nitrogens with one attached hydrogen (secondary N) is 2. The van der Waals surface area contributed by atoms with Gasteiger partial charge in [-0.25, -0.2) is 0 Å². The quantitative estimate of drug-likeness (QED) is 0.314. The second-order valence-electron chi connectivity index (χ2n) is 8.32. The Morgan fingerprint density at radius 2 is 1.94 bits per heavy atom. The first-order chi connectivity index (χ1) is 15.0. The molecule has 1 heterocycles. The molecule has 0 aromatic heterocycles. The van der Waals surface area contributed by atoms with Crippen molar-refractivity contribution in [3.63, 3.8) is 0 Å². The molecule has 6 nitrogen and oxygen atoms in total. The lowest BCUT2D eigenvalue weighted by atomic mass is 10.1. The van der Waals surface area contributed by atoms with E-state index in [2.05, 4.69) is 59.7 Å². The number of halogens is 1. The van der Waals surface area contributed by atoms with E-state index in [0.29, 0.717) is 12.6 Å². The van der Waals surface area contributed by atoms with Crippen molar-refractivity contribution in [2.45, 2.75) is 32.7 Å². The van der Waals surface area contributed by atoms with Gasteiger partial charge in [-0.3, -0.25) is 9.79 Å². The summed E-state index contributed by atoms with van der Waals surface area (Å²) in [7, 11) is 3.55. The minimum atomic E-state index is 0. The Morgan fingerprint density at radius 3 is 2.62 bits per heavy atom. The Bertz CT molecular complexity index is 897. The average Bonchev–Trinajstić information content (AvgIpc) is 3.22. The molecule has 1 aliphatic heterocycles. The highest BCUT2D eigenvalue weighted by Crippen LogP contribution is 2.20. The van der Waals surface area contributed by atoms with Gasteiger partial charge in [-0.15, -0.1) is 24.0 Å². The number of amides is 1. The summed E-state index contributed by atoms with van der Waals surface area (Å²) in [5.74, 6) is 0.887. The molecule has 0 radical (unpaired) electrons. The molecular weight excluding hydrogens is 513 g/mol. The Morgan fingerprint density at radius 1 is 1.19 bits per heavy atom. The zero-order chi connectivity index (χ0) is 22.2. The van der Waals surface area contributed by atoms with Gasteiger partial charge in [0.1, 0.15) is 0 Å². The van der Waals surface area contributed by atoms with Gasteiger partial charge in [-0.05, 0) is 56.5 Å². The van der Waals surface area contributed by atoms with E-state index in [1.54, 1.807) is 19.0 Å². The van der Waals surface area contributed by atoms with Crippen molar-refractivity contribution in [2.75, 3.05) is 45.2 Å². The number of hydrogen-bond donors (Lipinski definition) is 2. The van der Waals surface area contributed by atoms with Crippen LogP contribution in [0.15, 0.2) is 53.5 Å². The molecule has 32 heavy (non-hydrogen) atoms. The van der Waals surface area contributed by atoms with Crippen LogP contribution in [0.5, 0.6) is 0 Å². The number of hydrogen-bond acceptors (Lipinski definition) is 3. The monoisotopic (exact) mass is 549 g/mol. The lowest BCUT2D eigenvalue weighted by molar-refractivity contribution is 0.0827. The van der Waals surface area contributed by atoms with Crippen LogP contribution >= 0.6 is 24.0 Å². The maximum absolute atomic E-state index is 12.2. The average molecular weight is 550 g/mol. The summed E-state index contributed by atoms with van der Waals surface area (Å²) in [5.41, 5.74) is 4.41. The number of aliphatic imine (C=N–C) groups is 1. The Labute approximate surface area is 209 Å². The number of rotatable bonds is 7. The largest absolute Gasteiger partial charge is 0.369 e. The van der Waals surface area contributed by atoms with E-state index in [9.17, 15) is 4.79 Å². The number of carbonyl (C=O) groups excluding carboxylic acids is 1. The SMILES string of the molecule is CCNC(=NCCc1cccc(C(=O)N(C)C)c1)NC1CCN(c2ccc(C)cc2)C1.I. The first-order valence-corrected chi connectivity index (χ1v) is 11.1. The summed E-state index contributed by atoms with van der Waals surface area (Å²) in [6.07, 6.45) is 1.89. The van der Waals surface area contributed by atoms with E-state index in [1.807, 2.05) is 18.2 Å². The minimum Gasteiger partial charge on any atom is -0.369 e. The van der Waals surface area contributed by atoms with Gasteiger partial charge >= 0.3 is 0 Å². The second-order valence-corrected chi connectivity index (χ2v) is 8.32. The van der Waals surface area contributed by atoms with E-state index in [4.69, 9.17) is 4.99 Å². The highest BCUT2D eigenvalue weighted by atomic mass is 127. The normalized spacial score (nSPS) is 15.8. The van der Waals surface area contributed by atoms with Gasteiger partial charge in [-0.2, -0.15) is 0 Å². The van der Waals surface area contributed by atoms with E-state index in [1.165, 1.54) is 11.3 Å². The third-order valence-electron chi connectivity index (χ3n) is 5.52. The van der Waals surface area contributed by atoms with Gasteiger partial charge in [0.15, 0.2) is 5.96 Å². The molecule has 1 saturated heterocycles. The zero-order valence-electron chi connectivity index (χ0n) is 19.6. The molecule has 1 atom stereocenters. The molecule has 1 fully saturated rings. The molecule has 0 bridgehead atoms. The first kappa shape index (κ1) is 26.0. The summed E-state index contributed by atoms with van der Waals surface area (Å²) in [4.78, 5) is 21.0. The van der Waals surface area contributed by atoms with Crippen LogP contribution in [-0.2, 0) is 6.42 Å². The smallest absolute Gasteiger partial charge is 0.253 e. The fourth-order valence-corrected chi connectivity index (χ4v) is 3.80. The van der Waals surface area contributed by atoms with E-state index in [0.717, 1.165) is 49.6 Å². The standard InChI is InChI=1S/C25H35N5O.HI/c1-5-26-25(27-15-13-20-7-6-8-21(17-20)24(31)29(3)4)28-22-14-16-30(18-22)23-11-9-19(2)10-12-23;/h6-12,17,22H,5,13-16,18H2,1-4H3,(H2,26,27,28);1H. The summed E-state index contributed by atoms with van der Waals surface area (Å²) in [6.45, 7) is 7.72. The van der Waals surface area contributed by atoms with Crippen LogP contribution in [-0.4, -0.2) is 63.1 Å². The summed E-state index contributed by atoms with van der Waals surface area (Å²) in [6, 6.07) is 16.9. The van der Waals surface area contributed by atoms with Crippen molar-refractivity contribution in [3.05, 3.63) is 65.2 Å². The molecule has 2 aromatic carbocycles. The van der Waals surface area contributed by atoms with Crippen LogP contribution in [0.25, 0.3) is 0 Å². The number of nitrogens with zero attached hydrogens (tertiary/aromatic N) is 3. The number of guanidine groups is 1. The van der Waals surface area contributed by atoms with Crippen molar-refractivity contribution < 1.29 is 4.79 Å². The van der Waals surface area contributed by atoms with Crippen LogP contribution in [0.3, 0.4) is 0 Å². The van der Waals surface area contributed by atoms with Crippen LogP contribution in [0.4, 0.5) is 5.69 Å². The van der Waals surface area contributed by atoms with Crippen molar-refractivity contribution in [1.29, 1.82) is 0 Å².